The maximum absolute atomic E-state index is 6.13. The highest BCUT2D eigenvalue weighted by atomic mass is 32.1. The maximum Gasteiger partial charge on any atom is 0.227 e. The molecular weight excluding hydrogens is 657 g/mol. The van der Waals surface area contributed by atoms with E-state index in [4.69, 9.17) is 24.4 Å². The number of benzene rings is 7. The number of nitrogens with zero attached hydrogens (tertiary/aromatic N) is 4. The van der Waals surface area contributed by atoms with E-state index < -0.39 is 0 Å². The van der Waals surface area contributed by atoms with Gasteiger partial charge in [-0.05, 0) is 89.0 Å². The molecule has 0 bridgehead atoms. The van der Waals surface area contributed by atoms with E-state index in [2.05, 4.69) is 115 Å². The van der Waals surface area contributed by atoms with Crippen LogP contribution in [0.5, 0.6) is 0 Å². The van der Waals surface area contributed by atoms with Crippen LogP contribution in [-0.2, 0) is 0 Å². The molecule has 10 rings (SSSR count). The number of rotatable bonds is 6. The normalized spacial score (nSPS) is 11.5. The number of hydrogen-bond donors (Lipinski definition) is 0. The minimum atomic E-state index is 0.568. The lowest BCUT2D eigenvalue weighted by atomic mass is 9.98. The molecule has 0 unspecified atom stereocenters. The van der Waals surface area contributed by atoms with Crippen LogP contribution in [-0.4, -0.2) is 19.9 Å². The van der Waals surface area contributed by atoms with Gasteiger partial charge in [-0.15, -0.1) is 11.3 Å². The van der Waals surface area contributed by atoms with Crippen molar-refractivity contribution in [1.82, 2.24) is 19.9 Å². The van der Waals surface area contributed by atoms with Crippen LogP contribution in [0.25, 0.3) is 99.1 Å². The molecule has 3 aromatic heterocycles. The summed E-state index contributed by atoms with van der Waals surface area (Å²) in [6.07, 6.45) is 0. The van der Waals surface area contributed by atoms with Gasteiger partial charge in [-0.25, -0.2) is 19.9 Å². The van der Waals surface area contributed by atoms with Gasteiger partial charge in [0.05, 0.1) is 0 Å². The lowest BCUT2D eigenvalue weighted by molar-refractivity contribution is 0.620. The Morgan fingerprint density at radius 3 is 1.60 bits per heavy atom. The fourth-order valence-electron chi connectivity index (χ4n) is 6.75. The maximum atomic E-state index is 6.13. The van der Waals surface area contributed by atoms with Gasteiger partial charge in [-0.2, -0.15) is 0 Å². The molecule has 0 N–H and O–H groups in total. The van der Waals surface area contributed by atoms with Gasteiger partial charge >= 0.3 is 0 Å². The summed E-state index contributed by atoms with van der Waals surface area (Å²) in [6, 6.07) is 58.4. The summed E-state index contributed by atoms with van der Waals surface area (Å²) in [6.45, 7) is 0. The van der Waals surface area contributed by atoms with E-state index in [1.54, 1.807) is 11.3 Å². The quantitative estimate of drug-likeness (QED) is 0.174. The molecule has 0 radical (unpaired) electrons. The highest BCUT2D eigenvalue weighted by Crippen LogP contribution is 2.37. The molecule has 10 aromatic rings. The van der Waals surface area contributed by atoms with Crippen molar-refractivity contribution in [2.45, 2.75) is 0 Å². The Labute approximate surface area is 303 Å². The Kier molecular flexibility index (Phi) is 7.25. The molecule has 0 spiro atoms. The zero-order valence-corrected chi connectivity index (χ0v) is 28.6. The zero-order valence-electron chi connectivity index (χ0n) is 27.8. The minimum absolute atomic E-state index is 0.568. The summed E-state index contributed by atoms with van der Waals surface area (Å²) in [7, 11) is 0. The second kappa shape index (κ2) is 12.5. The van der Waals surface area contributed by atoms with Gasteiger partial charge in [-0.1, -0.05) is 103 Å². The molecular formula is C46H28N4OS. The van der Waals surface area contributed by atoms with Crippen molar-refractivity contribution in [3.63, 3.8) is 0 Å². The van der Waals surface area contributed by atoms with Crippen LogP contribution < -0.4 is 0 Å². The molecule has 244 valence electrons. The molecule has 0 aliphatic heterocycles. The van der Waals surface area contributed by atoms with Crippen LogP contribution >= 0.6 is 11.3 Å². The highest BCUT2D eigenvalue weighted by Gasteiger charge is 2.17. The van der Waals surface area contributed by atoms with Gasteiger partial charge < -0.3 is 4.42 Å². The molecule has 52 heavy (non-hydrogen) atoms. The van der Waals surface area contributed by atoms with Crippen molar-refractivity contribution in [3.05, 3.63) is 170 Å². The Hall–Kier alpha value is -6.76. The van der Waals surface area contributed by atoms with Crippen LogP contribution in [0, 0.1) is 0 Å². The molecule has 3 heterocycles. The summed E-state index contributed by atoms with van der Waals surface area (Å²) in [5.41, 5.74) is 9.61. The number of aromatic nitrogens is 4. The standard InChI is InChI=1S/C46H28N4OS/c1-3-11-29(12-4-1)31-15-9-16-32(25-31)33-17-10-18-34(26-33)43-48-44(35-22-24-42-38(27-35)37-19-7-8-20-41(37)52-42)50-45(49-43)36-21-23-40-39(28-36)47-46(51-40)30-13-5-2-6-14-30/h1-28H. The topological polar surface area (TPSA) is 64.7 Å². The second-order valence-corrected chi connectivity index (χ2v) is 13.8. The van der Waals surface area contributed by atoms with Crippen molar-refractivity contribution >= 4 is 42.6 Å². The highest BCUT2D eigenvalue weighted by molar-refractivity contribution is 7.25. The van der Waals surface area contributed by atoms with Crippen molar-refractivity contribution in [2.75, 3.05) is 0 Å². The molecule has 5 nitrogen and oxygen atoms in total. The molecule has 0 saturated heterocycles. The average molecular weight is 685 g/mol. The van der Waals surface area contributed by atoms with Gasteiger partial charge in [0.15, 0.2) is 23.1 Å². The van der Waals surface area contributed by atoms with Gasteiger partial charge in [0.1, 0.15) is 5.52 Å². The Balaban J connectivity index is 1.11. The van der Waals surface area contributed by atoms with E-state index in [0.717, 1.165) is 38.9 Å². The monoisotopic (exact) mass is 684 g/mol. The molecule has 0 atom stereocenters. The molecule has 0 aliphatic carbocycles. The van der Waals surface area contributed by atoms with Crippen LogP contribution in [0.1, 0.15) is 0 Å². The molecule has 0 saturated carbocycles. The van der Waals surface area contributed by atoms with Crippen molar-refractivity contribution < 1.29 is 4.42 Å². The third kappa shape index (κ3) is 5.52. The zero-order chi connectivity index (χ0) is 34.4. The van der Waals surface area contributed by atoms with E-state index in [-0.39, 0.29) is 0 Å². The first-order chi connectivity index (χ1) is 25.7. The van der Waals surface area contributed by atoms with E-state index in [1.807, 2.05) is 54.6 Å². The molecule has 7 aromatic carbocycles. The molecule has 6 heteroatoms. The molecule has 0 amide bonds. The third-order valence-corrected chi connectivity index (χ3v) is 10.5. The van der Waals surface area contributed by atoms with Crippen molar-refractivity contribution in [1.29, 1.82) is 0 Å². The fourth-order valence-corrected chi connectivity index (χ4v) is 7.83. The van der Waals surface area contributed by atoms with Crippen LogP contribution in [0.4, 0.5) is 0 Å². The lowest BCUT2D eigenvalue weighted by Gasteiger charge is -2.10. The smallest absolute Gasteiger partial charge is 0.227 e. The minimum Gasteiger partial charge on any atom is -0.436 e. The largest absolute Gasteiger partial charge is 0.436 e. The Morgan fingerprint density at radius 1 is 0.346 bits per heavy atom. The van der Waals surface area contributed by atoms with Gasteiger partial charge in [0.25, 0.3) is 0 Å². The van der Waals surface area contributed by atoms with E-state index >= 15 is 0 Å². The van der Waals surface area contributed by atoms with E-state index in [1.165, 1.54) is 31.3 Å². The number of fused-ring (bicyclic) bond motifs is 4. The average Bonchev–Trinajstić information content (AvgIpc) is 3.83. The number of oxazole rings is 1. The van der Waals surface area contributed by atoms with Crippen molar-refractivity contribution in [2.24, 2.45) is 0 Å². The van der Waals surface area contributed by atoms with E-state index in [9.17, 15) is 0 Å². The SMILES string of the molecule is c1ccc(-c2cccc(-c3cccc(-c4nc(-c5ccc6oc(-c7ccccc7)nc6c5)nc(-c5ccc6sc7ccccc7c6c5)n4)c3)c2)cc1. The summed E-state index contributed by atoms with van der Waals surface area (Å²) < 4.78 is 8.62. The van der Waals surface area contributed by atoms with Crippen molar-refractivity contribution in [3.8, 4) is 67.9 Å². The lowest BCUT2D eigenvalue weighted by Crippen LogP contribution is -2.00. The number of thiophene rings is 1. The fraction of sp³-hybridized carbons (Fsp3) is 0. The Bertz CT molecular complexity index is 2910. The summed E-state index contributed by atoms with van der Waals surface area (Å²) in [5, 5.41) is 2.43. The first kappa shape index (κ1) is 30.1. The summed E-state index contributed by atoms with van der Waals surface area (Å²) >= 11 is 1.80. The first-order valence-corrected chi connectivity index (χ1v) is 17.9. The van der Waals surface area contributed by atoms with Gasteiger partial charge in [0, 0.05) is 42.4 Å². The Morgan fingerprint density at radius 2 is 0.865 bits per heavy atom. The molecule has 0 fully saturated rings. The summed E-state index contributed by atoms with van der Waals surface area (Å²) in [5.74, 6) is 2.35. The molecule has 0 aliphatic rings. The third-order valence-electron chi connectivity index (χ3n) is 9.36. The van der Waals surface area contributed by atoms with Gasteiger partial charge in [0.2, 0.25) is 5.89 Å². The number of hydrogen-bond acceptors (Lipinski definition) is 6. The predicted molar refractivity (Wildman–Crippen MR) is 213 cm³/mol. The van der Waals surface area contributed by atoms with Gasteiger partial charge in [-0.3, -0.25) is 0 Å². The van der Waals surface area contributed by atoms with Crippen LogP contribution in [0.2, 0.25) is 0 Å². The van der Waals surface area contributed by atoms with Crippen LogP contribution in [0.15, 0.2) is 174 Å². The van der Waals surface area contributed by atoms with Crippen LogP contribution in [0.3, 0.4) is 0 Å². The summed E-state index contributed by atoms with van der Waals surface area (Å²) in [4.78, 5) is 20.1. The second-order valence-electron chi connectivity index (χ2n) is 12.7. The van der Waals surface area contributed by atoms with E-state index in [0.29, 0.717) is 28.9 Å². The first-order valence-electron chi connectivity index (χ1n) is 17.1. The predicted octanol–water partition coefficient (Wildman–Crippen LogP) is 12.4.